The number of hydrogen-bond acceptors (Lipinski definition) is 5. The van der Waals surface area contributed by atoms with E-state index in [1.165, 1.54) is 4.90 Å². The molecular weight excluding hydrogens is 448 g/mol. The van der Waals surface area contributed by atoms with Gasteiger partial charge in [0.05, 0.1) is 0 Å². The zero-order chi connectivity index (χ0) is 26.6. The van der Waals surface area contributed by atoms with Crippen molar-refractivity contribution in [3.8, 4) is 0 Å². The molecular formula is C26H42N4O5. The zero-order valence-electron chi connectivity index (χ0n) is 22.0. The van der Waals surface area contributed by atoms with Crippen molar-refractivity contribution in [3.63, 3.8) is 0 Å². The van der Waals surface area contributed by atoms with Crippen LogP contribution in [0.5, 0.6) is 0 Å². The minimum atomic E-state index is -1.09. The van der Waals surface area contributed by atoms with E-state index >= 15 is 0 Å². The van der Waals surface area contributed by atoms with Gasteiger partial charge in [0.15, 0.2) is 0 Å². The number of primary amides is 1. The summed E-state index contributed by atoms with van der Waals surface area (Å²) in [5.41, 5.74) is 6.15. The highest BCUT2D eigenvalue weighted by molar-refractivity contribution is 5.92. The lowest BCUT2D eigenvalue weighted by Gasteiger charge is -2.34. The van der Waals surface area contributed by atoms with Crippen molar-refractivity contribution >= 4 is 23.8 Å². The van der Waals surface area contributed by atoms with Crippen molar-refractivity contribution in [1.82, 2.24) is 15.5 Å². The number of amides is 4. The molecule has 0 fully saturated rings. The molecule has 196 valence electrons. The van der Waals surface area contributed by atoms with E-state index in [1.54, 1.807) is 33.8 Å². The summed E-state index contributed by atoms with van der Waals surface area (Å²) in [7, 11) is 0. The first kappa shape index (κ1) is 29.9. The summed E-state index contributed by atoms with van der Waals surface area (Å²) in [6, 6.07) is 5.44. The molecule has 0 bridgehead atoms. The van der Waals surface area contributed by atoms with Gasteiger partial charge in [-0.25, -0.2) is 4.79 Å². The van der Waals surface area contributed by atoms with E-state index in [9.17, 15) is 19.2 Å². The molecule has 0 aliphatic heterocycles. The number of alkyl carbamates (subject to hydrolysis) is 1. The quantitative estimate of drug-likeness (QED) is 0.365. The van der Waals surface area contributed by atoms with Gasteiger partial charge < -0.3 is 26.0 Å². The van der Waals surface area contributed by atoms with Crippen molar-refractivity contribution in [2.45, 2.75) is 91.3 Å². The fourth-order valence-electron chi connectivity index (χ4n) is 3.66. The summed E-state index contributed by atoms with van der Waals surface area (Å²) in [5, 5.41) is 5.52. The Labute approximate surface area is 209 Å². The largest absolute Gasteiger partial charge is 0.444 e. The molecule has 1 rings (SSSR count). The Kier molecular flexibility index (Phi) is 12.3. The van der Waals surface area contributed by atoms with Crippen molar-refractivity contribution in [2.24, 2.45) is 5.73 Å². The van der Waals surface area contributed by atoms with Gasteiger partial charge in [-0.15, -0.1) is 0 Å². The number of rotatable bonds is 13. The van der Waals surface area contributed by atoms with Crippen LogP contribution in [0.1, 0.15) is 83.9 Å². The number of likely N-dealkylation sites (N-methyl/N-ethyl adjacent to an activating group) is 1. The summed E-state index contributed by atoms with van der Waals surface area (Å²) in [6.07, 6.45) is 1.94. The third kappa shape index (κ3) is 10.8. The molecule has 4 amide bonds. The minimum absolute atomic E-state index is 0.0113. The summed E-state index contributed by atoms with van der Waals surface area (Å²) in [4.78, 5) is 52.3. The molecule has 9 nitrogen and oxygen atoms in total. The molecule has 0 saturated heterocycles. The zero-order valence-corrected chi connectivity index (χ0v) is 22.0. The molecule has 0 aliphatic rings. The molecule has 1 aromatic rings. The lowest BCUT2D eigenvalue weighted by Crippen LogP contribution is -2.53. The molecule has 2 atom stereocenters. The second kappa shape index (κ2) is 14.3. The Balaban J connectivity index is 3.28. The van der Waals surface area contributed by atoms with E-state index in [1.807, 2.05) is 25.1 Å². The van der Waals surface area contributed by atoms with Crippen LogP contribution < -0.4 is 16.4 Å². The Bertz CT molecular complexity index is 866. The number of aryl methyl sites for hydroxylation is 1. The van der Waals surface area contributed by atoms with Gasteiger partial charge in [0.2, 0.25) is 17.7 Å². The van der Waals surface area contributed by atoms with Crippen molar-refractivity contribution < 1.29 is 23.9 Å². The standard InChI is InChI=1S/C26H42N4O5/c1-7-9-10-16-28-23(32)22(19-13-11-12-18(3)17-19)30(8-2)24(33)20(14-15-21(27)31)29-25(34)35-26(4,5)6/h11-13,17,20,22H,7-10,14-16H2,1-6H3,(H2,27,31)(H,28,32)(H,29,34). The Hall–Kier alpha value is -3.10. The maximum Gasteiger partial charge on any atom is 0.408 e. The van der Waals surface area contributed by atoms with E-state index in [0.29, 0.717) is 12.1 Å². The van der Waals surface area contributed by atoms with Gasteiger partial charge >= 0.3 is 6.09 Å². The van der Waals surface area contributed by atoms with Gasteiger partial charge in [0, 0.05) is 19.5 Å². The molecule has 0 aromatic heterocycles. The summed E-state index contributed by atoms with van der Waals surface area (Å²) in [5.74, 6) is -1.39. The van der Waals surface area contributed by atoms with Crippen LogP contribution in [0.2, 0.25) is 0 Å². The highest BCUT2D eigenvalue weighted by Gasteiger charge is 2.35. The first-order chi connectivity index (χ1) is 16.4. The molecule has 0 saturated carbocycles. The van der Waals surface area contributed by atoms with Gasteiger partial charge in [0.25, 0.3) is 0 Å². The fraction of sp³-hybridized carbons (Fsp3) is 0.615. The maximum absolute atomic E-state index is 13.7. The molecule has 9 heteroatoms. The van der Waals surface area contributed by atoms with E-state index < -0.39 is 35.6 Å². The highest BCUT2D eigenvalue weighted by Crippen LogP contribution is 2.24. The van der Waals surface area contributed by atoms with Gasteiger partial charge in [0.1, 0.15) is 17.7 Å². The average molecular weight is 491 g/mol. The van der Waals surface area contributed by atoms with Crippen molar-refractivity contribution in [1.29, 1.82) is 0 Å². The first-order valence-corrected chi connectivity index (χ1v) is 12.3. The van der Waals surface area contributed by atoms with Gasteiger partial charge in [-0.3, -0.25) is 14.4 Å². The third-order valence-corrected chi connectivity index (χ3v) is 5.29. The van der Waals surface area contributed by atoms with Crippen LogP contribution in [0.25, 0.3) is 0 Å². The topological polar surface area (TPSA) is 131 Å². The number of nitrogens with one attached hydrogen (secondary N) is 2. The predicted molar refractivity (Wildman–Crippen MR) is 135 cm³/mol. The molecule has 4 N–H and O–H groups in total. The first-order valence-electron chi connectivity index (χ1n) is 12.3. The lowest BCUT2D eigenvalue weighted by molar-refractivity contribution is -0.142. The summed E-state index contributed by atoms with van der Waals surface area (Å²) >= 11 is 0. The second-order valence-corrected chi connectivity index (χ2v) is 9.64. The lowest BCUT2D eigenvalue weighted by atomic mass is 10.00. The number of unbranched alkanes of at least 4 members (excludes halogenated alkanes) is 2. The molecule has 35 heavy (non-hydrogen) atoms. The number of nitrogens with two attached hydrogens (primary N) is 1. The molecule has 2 unspecified atom stereocenters. The van der Waals surface area contributed by atoms with Crippen LogP contribution in [0, 0.1) is 6.92 Å². The average Bonchev–Trinajstić information content (AvgIpc) is 2.75. The smallest absolute Gasteiger partial charge is 0.408 e. The highest BCUT2D eigenvalue weighted by atomic mass is 16.6. The van der Waals surface area contributed by atoms with Crippen molar-refractivity contribution in [3.05, 3.63) is 35.4 Å². The minimum Gasteiger partial charge on any atom is -0.444 e. The number of ether oxygens (including phenoxy) is 1. The second-order valence-electron chi connectivity index (χ2n) is 9.64. The molecule has 0 aliphatic carbocycles. The van der Waals surface area contributed by atoms with E-state index in [-0.39, 0.29) is 25.3 Å². The van der Waals surface area contributed by atoms with Crippen LogP contribution >= 0.6 is 0 Å². The molecule has 1 aromatic carbocycles. The van der Waals surface area contributed by atoms with Crippen LogP contribution in [0.4, 0.5) is 4.79 Å². The normalized spacial score (nSPS) is 12.9. The van der Waals surface area contributed by atoms with Gasteiger partial charge in [-0.2, -0.15) is 0 Å². The maximum atomic E-state index is 13.7. The SMILES string of the molecule is CCCCCNC(=O)C(c1cccc(C)c1)N(CC)C(=O)C(CCC(N)=O)NC(=O)OC(C)(C)C. The van der Waals surface area contributed by atoms with E-state index in [2.05, 4.69) is 17.6 Å². The van der Waals surface area contributed by atoms with Crippen molar-refractivity contribution in [2.75, 3.05) is 13.1 Å². The third-order valence-electron chi connectivity index (χ3n) is 5.29. The fourth-order valence-corrected chi connectivity index (χ4v) is 3.66. The van der Waals surface area contributed by atoms with E-state index in [0.717, 1.165) is 24.8 Å². The van der Waals surface area contributed by atoms with Gasteiger partial charge in [-0.05, 0) is 53.0 Å². The van der Waals surface area contributed by atoms with Crippen LogP contribution in [0.15, 0.2) is 24.3 Å². The Morgan fingerprint density at radius 3 is 2.34 bits per heavy atom. The van der Waals surface area contributed by atoms with Crippen LogP contribution in [0.3, 0.4) is 0 Å². The van der Waals surface area contributed by atoms with Crippen LogP contribution in [-0.2, 0) is 19.1 Å². The molecule has 0 heterocycles. The number of carbonyl (C=O) groups excluding carboxylic acids is 4. The number of hydrogen-bond donors (Lipinski definition) is 3. The number of carbonyl (C=O) groups is 4. The molecule has 0 spiro atoms. The summed E-state index contributed by atoms with van der Waals surface area (Å²) < 4.78 is 5.31. The number of nitrogens with zero attached hydrogens (tertiary/aromatic N) is 1. The number of benzene rings is 1. The van der Waals surface area contributed by atoms with Crippen LogP contribution in [-0.4, -0.2) is 53.4 Å². The van der Waals surface area contributed by atoms with Gasteiger partial charge in [-0.1, -0.05) is 49.6 Å². The predicted octanol–water partition coefficient (Wildman–Crippen LogP) is 3.35. The Morgan fingerprint density at radius 2 is 1.80 bits per heavy atom. The molecule has 0 radical (unpaired) electrons. The summed E-state index contributed by atoms with van der Waals surface area (Å²) in [6.45, 7) is 11.6. The van der Waals surface area contributed by atoms with E-state index in [4.69, 9.17) is 10.5 Å². The monoisotopic (exact) mass is 490 g/mol. The Morgan fingerprint density at radius 1 is 1.11 bits per heavy atom.